The van der Waals surface area contributed by atoms with Crippen molar-refractivity contribution < 1.29 is 4.79 Å². The minimum absolute atomic E-state index is 0.0162. The molecule has 0 fully saturated rings. The third kappa shape index (κ3) is 3.58. The summed E-state index contributed by atoms with van der Waals surface area (Å²) < 4.78 is 0. The van der Waals surface area contributed by atoms with Crippen LogP contribution in [0.3, 0.4) is 0 Å². The van der Waals surface area contributed by atoms with E-state index in [1.807, 2.05) is 30.5 Å². The van der Waals surface area contributed by atoms with E-state index in [4.69, 9.17) is 0 Å². The molecule has 0 atom stereocenters. The van der Waals surface area contributed by atoms with Gasteiger partial charge in [-0.1, -0.05) is 12.1 Å². The van der Waals surface area contributed by atoms with Crippen molar-refractivity contribution in [2.45, 2.75) is 39.7 Å². The number of rotatable bonds is 6. The summed E-state index contributed by atoms with van der Waals surface area (Å²) in [6.07, 6.45) is 5.27. The van der Waals surface area contributed by atoms with Gasteiger partial charge >= 0.3 is 0 Å². The number of nitrogens with zero attached hydrogens (tertiary/aromatic N) is 2. The highest BCUT2D eigenvalue weighted by Gasteiger charge is 2.13. The van der Waals surface area contributed by atoms with Crippen LogP contribution in [0.4, 0.5) is 5.82 Å². The van der Waals surface area contributed by atoms with E-state index in [0.29, 0.717) is 6.54 Å². The Balaban J connectivity index is 1.60. The summed E-state index contributed by atoms with van der Waals surface area (Å²) in [6.45, 7) is 6.63. The average molecular weight is 323 g/mol. The maximum absolute atomic E-state index is 12.3. The Bertz CT molecular complexity index is 705. The van der Waals surface area contributed by atoms with Crippen molar-refractivity contribution in [1.29, 1.82) is 0 Å². The molecule has 1 aliphatic rings. The molecular formula is C20H25N3O. The molecular weight excluding hydrogens is 298 g/mol. The number of aryl methyl sites for hydroxylation is 2. The maximum Gasteiger partial charge on any atom is 0.251 e. The molecule has 126 valence electrons. The predicted octanol–water partition coefficient (Wildman–Crippen LogP) is 3.35. The Labute approximate surface area is 143 Å². The molecule has 4 nitrogen and oxygen atoms in total. The quantitative estimate of drug-likeness (QED) is 0.887. The van der Waals surface area contributed by atoms with E-state index < -0.39 is 0 Å². The number of pyridine rings is 1. The van der Waals surface area contributed by atoms with Crippen molar-refractivity contribution in [3.8, 4) is 0 Å². The summed E-state index contributed by atoms with van der Waals surface area (Å²) in [5.41, 5.74) is 4.49. The van der Waals surface area contributed by atoms with Gasteiger partial charge in [-0.3, -0.25) is 4.79 Å². The molecule has 1 heterocycles. The fraction of sp³-hybridized carbons (Fsp3) is 0.400. The minimum atomic E-state index is -0.0162. The number of amides is 1. The van der Waals surface area contributed by atoms with E-state index >= 15 is 0 Å². The lowest BCUT2D eigenvalue weighted by Gasteiger charge is -2.19. The van der Waals surface area contributed by atoms with Gasteiger partial charge in [0.05, 0.1) is 0 Å². The molecule has 3 rings (SSSR count). The summed E-state index contributed by atoms with van der Waals surface area (Å²) in [6, 6.07) is 10.1. The van der Waals surface area contributed by atoms with Crippen LogP contribution in [0.2, 0.25) is 0 Å². The molecule has 1 aromatic carbocycles. The number of hydrogen-bond acceptors (Lipinski definition) is 3. The Kier molecular flexibility index (Phi) is 5.14. The first-order valence-corrected chi connectivity index (χ1v) is 8.81. The zero-order chi connectivity index (χ0) is 16.9. The smallest absolute Gasteiger partial charge is 0.251 e. The third-order valence-corrected chi connectivity index (χ3v) is 4.71. The van der Waals surface area contributed by atoms with Crippen LogP contribution in [0.15, 0.2) is 36.5 Å². The summed E-state index contributed by atoms with van der Waals surface area (Å²) in [4.78, 5) is 19.0. The lowest BCUT2D eigenvalue weighted by molar-refractivity contribution is 0.0951. The second kappa shape index (κ2) is 7.47. The van der Waals surface area contributed by atoms with Gasteiger partial charge in [-0.05, 0) is 68.0 Å². The molecule has 0 aliphatic heterocycles. The Morgan fingerprint density at radius 1 is 1.12 bits per heavy atom. The summed E-state index contributed by atoms with van der Waals surface area (Å²) in [5.74, 6) is 0.964. The van der Waals surface area contributed by atoms with Crippen LogP contribution in [0.25, 0.3) is 0 Å². The normalized spacial score (nSPS) is 12.8. The van der Waals surface area contributed by atoms with E-state index in [1.165, 1.54) is 17.5 Å². The van der Waals surface area contributed by atoms with Crippen molar-refractivity contribution in [3.63, 3.8) is 0 Å². The van der Waals surface area contributed by atoms with Crippen molar-refractivity contribution in [2.75, 3.05) is 18.0 Å². The van der Waals surface area contributed by atoms with Gasteiger partial charge in [0.1, 0.15) is 5.82 Å². The van der Waals surface area contributed by atoms with Crippen LogP contribution in [-0.2, 0) is 19.4 Å². The number of fused-ring (bicyclic) bond motifs is 1. The molecule has 4 heteroatoms. The van der Waals surface area contributed by atoms with E-state index in [-0.39, 0.29) is 5.91 Å². The second-order valence-corrected chi connectivity index (χ2v) is 6.22. The van der Waals surface area contributed by atoms with Gasteiger partial charge in [-0.15, -0.1) is 0 Å². The molecule has 1 N–H and O–H groups in total. The number of carbonyl (C=O) groups is 1. The molecule has 24 heavy (non-hydrogen) atoms. The molecule has 2 aromatic rings. The second-order valence-electron chi connectivity index (χ2n) is 6.22. The highest BCUT2D eigenvalue weighted by molar-refractivity contribution is 5.94. The Hall–Kier alpha value is -2.36. The van der Waals surface area contributed by atoms with Crippen LogP contribution in [-0.4, -0.2) is 24.0 Å². The molecule has 0 saturated carbocycles. The van der Waals surface area contributed by atoms with Crippen LogP contribution >= 0.6 is 0 Å². The van der Waals surface area contributed by atoms with Crippen molar-refractivity contribution >= 4 is 11.7 Å². The molecule has 0 unspecified atom stereocenters. The highest BCUT2D eigenvalue weighted by atomic mass is 16.1. The zero-order valence-corrected chi connectivity index (χ0v) is 14.5. The van der Waals surface area contributed by atoms with Gasteiger partial charge in [0.15, 0.2) is 0 Å². The summed E-state index contributed by atoms with van der Waals surface area (Å²) in [5, 5.41) is 2.99. The van der Waals surface area contributed by atoms with Crippen molar-refractivity contribution in [2.24, 2.45) is 0 Å². The topological polar surface area (TPSA) is 45.2 Å². The molecule has 1 aliphatic carbocycles. The Morgan fingerprint density at radius 3 is 2.62 bits per heavy atom. The number of aromatic nitrogens is 1. The van der Waals surface area contributed by atoms with Gasteiger partial charge in [0, 0.05) is 31.4 Å². The first-order chi connectivity index (χ1) is 11.7. The number of hydrogen-bond donors (Lipinski definition) is 1. The Morgan fingerprint density at radius 2 is 1.92 bits per heavy atom. The minimum Gasteiger partial charge on any atom is -0.357 e. The van der Waals surface area contributed by atoms with Gasteiger partial charge in [-0.2, -0.15) is 0 Å². The molecule has 0 radical (unpaired) electrons. The van der Waals surface area contributed by atoms with E-state index in [0.717, 1.165) is 42.9 Å². The lowest BCUT2D eigenvalue weighted by atomic mass is 10.1. The number of nitrogens with one attached hydrogen (secondary N) is 1. The van der Waals surface area contributed by atoms with E-state index in [2.05, 4.69) is 35.1 Å². The fourth-order valence-electron chi connectivity index (χ4n) is 3.25. The maximum atomic E-state index is 12.3. The van der Waals surface area contributed by atoms with Crippen LogP contribution in [0.5, 0.6) is 0 Å². The number of anilines is 1. The van der Waals surface area contributed by atoms with Gasteiger partial charge < -0.3 is 10.2 Å². The molecule has 1 aromatic heterocycles. The first-order valence-electron chi connectivity index (χ1n) is 8.81. The molecule has 1 amide bonds. The van der Waals surface area contributed by atoms with Crippen LogP contribution in [0.1, 0.15) is 47.3 Å². The highest BCUT2D eigenvalue weighted by Crippen LogP contribution is 2.22. The van der Waals surface area contributed by atoms with E-state index in [1.54, 1.807) is 0 Å². The molecule has 0 bridgehead atoms. The van der Waals surface area contributed by atoms with Gasteiger partial charge in [-0.25, -0.2) is 4.98 Å². The number of carbonyl (C=O) groups excluding carboxylic acids is 1. The summed E-state index contributed by atoms with van der Waals surface area (Å²) in [7, 11) is 0. The standard InChI is InChI=1S/C20H25N3O/c1-3-23(4-2)19-11-8-15(13-21-19)14-22-20(24)18-10-9-16-6-5-7-17(16)12-18/h8-13H,3-7,14H2,1-2H3,(H,22,24). The average Bonchev–Trinajstić information content (AvgIpc) is 3.09. The fourth-order valence-corrected chi connectivity index (χ4v) is 3.25. The number of benzene rings is 1. The van der Waals surface area contributed by atoms with E-state index in [9.17, 15) is 4.79 Å². The van der Waals surface area contributed by atoms with Crippen molar-refractivity contribution in [1.82, 2.24) is 10.3 Å². The SMILES string of the molecule is CCN(CC)c1ccc(CNC(=O)c2ccc3c(c2)CCC3)cn1. The van der Waals surface area contributed by atoms with Crippen molar-refractivity contribution in [3.05, 3.63) is 58.8 Å². The van der Waals surface area contributed by atoms with Gasteiger partial charge in [0.2, 0.25) is 0 Å². The molecule has 0 spiro atoms. The monoisotopic (exact) mass is 323 g/mol. The molecule has 0 saturated heterocycles. The third-order valence-electron chi connectivity index (χ3n) is 4.71. The van der Waals surface area contributed by atoms with Crippen LogP contribution in [0, 0.1) is 0 Å². The zero-order valence-electron chi connectivity index (χ0n) is 14.5. The largest absolute Gasteiger partial charge is 0.357 e. The lowest BCUT2D eigenvalue weighted by Crippen LogP contribution is -2.24. The van der Waals surface area contributed by atoms with Crippen LogP contribution < -0.4 is 10.2 Å². The van der Waals surface area contributed by atoms with Gasteiger partial charge in [0.25, 0.3) is 5.91 Å². The predicted molar refractivity (Wildman–Crippen MR) is 97.4 cm³/mol. The first kappa shape index (κ1) is 16.5. The summed E-state index contributed by atoms with van der Waals surface area (Å²) >= 11 is 0.